The number of hydrogen-bond donors (Lipinski definition) is 2. The maximum absolute atomic E-state index is 12.8. The second-order valence-electron chi connectivity index (χ2n) is 5.89. The summed E-state index contributed by atoms with van der Waals surface area (Å²) in [6.45, 7) is 5.52. The Morgan fingerprint density at radius 2 is 2.00 bits per heavy atom. The summed E-state index contributed by atoms with van der Waals surface area (Å²) in [6, 6.07) is 8.55. The third-order valence-electron chi connectivity index (χ3n) is 3.96. The molecule has 23 heavy (non-hydrogen) atoms. The Labute approximate surface area is 134 Å². The van der Waals surface area contributed by atoms with Gasteiger partial charge in [0, 0.05) is 17.0 Å². The van der Waals surface area contributed by atoms with Gasteiger partial charge < -0.3 is 10.7 Å². The number of anilines is 1. The summed E-state index contributed by atoms with van der Waals surface area (Å²) in [5.41, 5.74) is 10.5. The fourth-order valence-electron chi connectivity index (χ4n) is 2.85. The van der Waals surface area contributed by atoms with Crippen LogP contribution in [-0.4, -0.2) is 22.8 Å². The Balaban J connectivity index is 2.14. The summed E-state index contributed by atoms with van der Waals surface area (Å²) in [7, 11) is 0. The first-order valence-electron chi connectivity index (χ1n) is 7.51. The standard InChI is InChI=1S/C18H19N3O2/c1-10-8-11(2)20-15(10)9-14-13-6-4-5-7-16(13)21(18(14)23)17(22)12(3)19/h4-9,12,20H,19H2,1-3H3/b14-9-. The summed E-state index contributed by atoms with van der Waals surface area (Å²) < 4.78 is 0. The van der Waals surface area contributed by atoms with Crippen LogP contribution in [0.5, 0.6) is 0 Å². The number of amides is 2. The van der Waals surface area contributed by atoms with Gasteiger partial charge in [-0.3, -0.25) is 9.59 Å². The van der Waals surface area contributed by atoms with Crippen LogP contribution in [-0.2, 0) is 9.59 Å². The minimum Gasteiger partial charge on any atom is -0.359 e. The number of carbonyl (C=O) groups is 2. The molecule has 0 bridgehead atoms. The van der Waals surface area contributed by atoms with E-state index in [1.54, 1.807) is 25.1 Å². The number of imide groups is 1. The Kier molecular flexibility index (Phi) is 3.66. The molecule has 1 unspecified atom stereocenters. The highest BCUT2D eigenvalue weighted by Crippen LogP contribution is 2.38. The lowest BCUT2D eigenvalue weighted by molar-refractivity contribution is -0.124. The number of nitrogens with zero attached hydrogens (tertiary/aromatic N) is 1. The Morgan fingerprint density at radius 3 is 2.61 bits per heavy atom. The topological polar surface area (TPSA) is 79.2 Å². The normalized spacial score (nSPS) is 16.8. The van der Waals surface area contributed by atoms with Crippen molar-refractivity contribution in [2.45, 2.75) is 26.8 Å². The summed E-state index contributed by atoms with van der Waals surface area (Å²) in [4.78, 5) is 29.5. The average Bonchev–Trinajstić information content (AvgIpc) is 2.96. The van der Waals surface area contributed by atoms with Gasteiger partial charge in [-0.05, 0) is 44.5 Å². The van der Waals surface area contributed by atoms with Crippen LogP contribution in [0.3, 0.4) is 0 Å². The number of carbonyl (C=O) groups excluding carboxylic acids is 2. The van der Waals surface area contributed by atoms with Crippen LogP contribution in [0.1, 0.15) is 29.4 Å². The van der Waals surface area contributed by atoms with E-state index in [4.69, 9.17) is 5.73 Å². The smallest absolute Gasteiger partial charge is 0.265 e. The molecule has 2 heterocycles. The third kappa shape index (κ3) is 2.49. The second kappa shape index (κ2) is 5.52. The summed E-state index contributed by atoms with van der Waals surface area (Å²) in [5.74, 6) is -0.731. The van der Waals surface area contributed by atoms with E-state index in [2.05, 4.69) is 4.98 Å². The van der Waals surface area contributed by atoms with E-state index in [9.17, 15) is 9.59 Å². The molecule has 0 spiro atoms. The van der Waals surface area contributed by atoms with Gasteiger partial charge in [0.2, 0.25) is 0 Å². The minimum atomic E-state index is -0.735. The highest BCUT2D eigenvalue weighted by molar-refractivity contribution is 6.42. The van der Waals surface area contributed by atoms with Crippen molar-refractivity contribution in [3.05, 3.63) is 52.8 Å². The van der Waals surface area contributed by atoms with E-state index in [1.165, 1.54) is 4.90 Å². The van der Waals surface area contributed by atoms with E-state index in [-0.39, 0.29) is 5.91 Å². The average molecular weight is 309 g/mol. The van der Waals surface area contributed by atoms with E-state index in [0.717, 1.165) is 22.5 Å². The second-order valence-corrected chi connectivity index (χ2v) is 5.89. The molecule has 0 aliphatic carbocycles. The van der Waals surface area contributed by atoms with Gasteiger partial charge in [0.15, 0.2) is 0 Å². The predicted octanol–water partition coefficient (Wildman–Crippen LogP) is 2.39. The molecule has 5 heteroatoms. The predicted molar refractivity (Wildman–Crippen MR) is 90.7 cm³/mol. The number of aromatic nitrogens is 1. The largest absolute Gasteiger partial charge is 0.359 e. The van der Waals surface area contributed by atoms with Crippen LogP contribution in [0.2, 0.25) is 0 Å². The van der Waals surface area contributed by atoms with Crippen molar-refractivity contribution in [2.24, 2.45) is 5.73 Å². The SMILES string of the molecule is Cc1cc(C)c(/C=C2\C(=O)N(C(=O)C(C)N)c3ccccc32)[nH]1. The van der Waals surface area contributed by atoms with Crippen molar-refractivity contribution in [1.82, 2.24) is 4.98 Å². The maximum atomic E-state index is 12.8. The Hall–Kier alpha value is -2.66. The summed E-state index contributed by atoms with van der Waals surface area (Å²) in [5, 5.41) is 0. The molecule has 3 rings (SSSR count). The number of fused-ring (bicyclic) bond motifs is 1. The Morgan fingerprint density at radius 1 is 1.30 bits per heavy atom. The first-order chi connectivity index (χ1) is 10.9. The molecule has 0 fully saturated rings. The van der Waals surface area contributed by atoms with E-state index >= 15 is 0 Å². The maximum Gasteiger partial charge on any atom is 0.265 e. The highest BCUT2D eigenvalue weighted by atomic mass is 16.2. The number of aryl methyl sites for hydroxylation is 2. The summed E-state index contributed by atoms with van der Waals surface area (Å²) >= 11 is 0. The van der Waals surface area contributed by atoms with Gasteiger partial charge in [0.1, 0.15) is 0 Å². The lowest BCUT2D eigenvalue weighted by atomic mass is 10.1. The number of para-hydroxylation sites is 1. The van der Waals surface area contributed by atoms with Crippen LogP contribution in [0, 0.1) is 13.8 Å². The fourth-order valence-corrected chi connectivity index (χ4v) is 2.85. The molecule has 2 amide bonds. The zero-order chi connectivity index (χ0) is 16.7. The molecule has 0 radical (unpaired) electrons. The fraction of sp³-hybridized carbons (Fsp3) is 0.222. The van der Waals surface area contributed by atoms with Crippen molar-refractivity contribution in [3.63, 3.8) is 0 Å². The number of aromatic amines is 1. The molecule has 0 saturated carbocycles. The van der Waals surface area contributed by atoms with Crippen molar-refractivity contribution < 1.29 is 9.59 Å². The molecule has 1 aromatic carbocycles. The molecule has 1 aliphatic rings. The number of H-pyrrole nitrogens is 1. The van der Waals surface area contributed by atoms with E-state index in [0.29, 0.717) is 11.3 Å². The highest BCUT2D eigenvalue weighted by Gasteiger charge is 2.37. The van der Waals surface area contributed by atoms with Gasteiger partial charge in [-0.2, -0.15) is 0 Å². The molecule has 0 saturated heterocycles. The monoisotopic (exact) mass is 309 g/mol. The molecular weight excluding hydrogens is 290 g/mol. The molecule has 1 atom stereocenters. The Bertz CT molecular complexity index is 831. The van der Waals surface area contributed by atoms with Gasteiger partial charge in [-0.1, -0.05) is 18.2 Å². The number of hydrogen-bond acceptors (Lipinski definition) is 3. The van der Waals surface area contributed by atoms with Gasteiger partial charge in [-0.15, -0.1) is 0 Å². The lowest BCUT2D eigenvalue weighted by Crippen LogP contribution is -2.43. The first kappa shape index (κ1) is 15.2. The number of rotatable bonds is 2. The van der Waals surface area contributed by atoms with Crippen molar-refractivity contribution in [1.29, 1.82) is 0 Å². The van der Waals surface area contributed by atoms with Crippen LogP contribution < -0.4 is 10.6 Å². The molecular formula is C18H19N3O2. The van der Waals surface area contributed by atoms with Gasteiger partial charge >= 0.3 is 0 Å². The molecule has 2 aromatic rings. The van der Waals surface area contributed by atoms with Crippen LogP contribution in [0.4, 0.5) is 5.69 Å². The van der Waals surface area contributed by atoms with E-state index < -0.39 is 11.9 Å². The molecule has 1 aliphatic heterocycles. The van der Waals surface area contributed by atoms with Crippen molar-refractivity contribution in [2.75, 3.05) is 4.90 Å². The number of nitrogens with two attached hydrogens (primary N) is 1. The molecule has 3 N–H and O–H groups in total. The van der Waals surface area contributed by atoms with Crippen molar-refractivity contribution >= 4 is 29.2 Å². The van der Waals surface area contributed by atoms with Crippen LogP contribution in [0.15, 0.2) is 30.3 Å². The summed E-state index contributed by atoms with van der Waals surface area (Å²) in [6.07, 6.45) is 1.80. The van der Waals surface area contributed by atoms with Gasteiger partial charge in [0.05, 0.1) is 17.3 Å². The van der Waals surface area contributed by atoms with Gasteiger partial charge in [-0.25, -0.2) is 4.90 Å². The molecule has 5 nitrogen and oxygen atoms in total. The van der Waals surface area contributed by atoms with Crippen molar-refractivity contribution in [3.8, 4) is 0 Å². The first-order valence-corrected chi connectivity index (χ1v) is 7.51. The lowest BCUT2D eigenvalue weighted by Gasteiger charge is -2.17. The zero-order valence-corrected chi connectivity index (χ0v) is 13.4. The van der Waals surface area contributed by atoms with E-state index in [1.807, 2.05) is 32.0 Å². The van der Waals surface area contributed by atoms with Crippen LogP contribution >= 0.6 is 0 Å². The van der Waals surface area contributed by atoms with Crippen LogP contribution in [0.25, 0.3) is 11.6 Å². The minimum absolute atomic E-state index is 0.333. The zero-order valence-electron chi connectivity index (χ0n) is 13.4. The third-order valence-corrected chi connectivity index (χ3v) is 3.96. The quantitative estimate of drug-likeness (QED) is 0.836. The number of benzene rings is 1. The number of nitrogens with one attached hydrogen (secondary N) is 1. The molecule has 1 aromatic heterocycles. The van der Waals surface area contributed by atoms with Gasteiger partial charge in [0.25, 0.3) is 11.8 Å². The molecule has 118 valence electrons.